The molecule has 0 spiro atoms. The van der Waals surface area contributed by atoms with Crippen molar-refractivity contribution in [2.45, 2.75) is 51.4 Å². The molecule has 0 aliphatic heterocycles. The molecule has 3 heteroatoms. The van der Waals surface area contributed by atoms with E-state index in [0.717, 1.165) is 50.8 Å². The zero-order valence-corrected chi connectivity index (χ0v) is 35.0. The lowest BCUT2D eigenvalue weighted by Crippen LogP contribution is -2.14. The molecule has 60 heavy (non-hydrogen) atoms. The van der Waals surface area contributed by atoms with Crippen LogP contribution >= 0.6 is 0 Å². The van der Waals surface area contributed by atoms with Crippen molar-refractivity contribution in [1.29, 1.82) is 0 Å². The normalized spacial score (nSPS) is 13.8. The maximum absolute atomic E-state index is 6.26. The second-order valence-electron chi connectivity index (χ2n) is 16.4. The van der Waals surface area contributed by atoms with E-state index in [1.165, 1.54) is 44.2 Å². The predicted molar refractivity (Wildman–Crippen MR) is 252 cm³/mol. The van der Waals surface area contributed by atoms with E-state index < -0.39 is 0 Å². The average Bonchev–Trinajstić information content (AvgIpc) is 3.58. The van der Waals surface area contributed by atoms with E-state index >= 15 is 0 Å². The molecule has 0 N–H and O–H groups in total. The van der Waals surface area contributed by atoms with Gasteiger partial charge in [0.25, 0.3) is 0 Å². The van der Waals surface area contributed by atoms with E-state index in [1.807, 2.05) is 0 Å². The number of rotatable bonds is 11. The number of ether oxygens (including phenoxy) is 1. The van der Waals surface area contributed by atoms with Gasteiger partial charge in [0.15, 0.2) is 0 Å². The van der Waals surface area contributed by atoms with Crippen LogP contribution in [0.5, 0.6) is 5.75 Å². The van der Waals surface area contributed by atoms with Crippen LogP contribution in [-0.4, -0.2) is 18.5 Å². The third kappa shape index (κ3) is 7.26. The highest BCUT2D eigenvalue weighted by Gasteiger charge is 2.32. The Bertz CT molecular complexity index is 2630. The van der Waals surface area contributed by atoms with Crippen LogP contribution in [0.15, 0.2) is 198 Å². The molecule has 1 aliphatic carbocycles. The van der Waals surface area contributed by atoms with E-state index in [2.05, 4.69) is 216 Å². The molecule has 0 saturated carbocycles. The second kappa shape index (κ2) is 16.8. The van der Waals surface area contributed by atoms with E-state index in [4.69, 9.17) is 14.7 Å². The summed E-state index contributed by atoms with van der Waals surface area (Å²) in [5.41, 5.74) is 15.3. The molecule has 294 valence electrons. The van der Waals surface area contributed by atoms with Crippen molar-refractivity contribution < 1.29 is 4.74 Å². The number of nitrogens with zero attached hydrogens (tertiary/aromatic N) is 2. The minimum absolute atomic E-state index is 0.151. The molecule has 0 heterocycles. The molecule has 0 saturated heterocycles. The summed E-state index contributed by atoms with van der Waals surface area (Å²) in [5, 5.41) is 2.37. The van der Waals surface area contributed by atoms with Crippen molar-refractivity contribution in [1.82, 2.24) is 0 Å². The lowest BCUT2D eigenvalue weighted by atomic mass is 9.78. The van der Waals surface area contributed by atoms with Crippen LogP contribution in [0.2, 0.25) is 0 Å². The van der Waals surface area contributed by atoms with Gasteiger partial charge in [-0.1, -0.05) is 204 Å². The lowest BCUT2D eigenvalue weighted by Gasteiger charge is -2.27. The molecular formula is C57H50N2O. The summed E-state index contributed by atoms with van der Waals surface area (Å²) in [6, 6.07) is 67.5. The van der Waals surface area contributed by atoms with Gasteiger partial charge in [-0.15, -0.1) is 0 Å². The van der Waals surface area contributed by atoms with Crippen LogP contribution < -0.4 is 4.74 Å². The first kappa shape index (κ1) is 38.7. The summed E-state index contributed by atoms with van der Waals surface area (Å²) in [5.74, 6) is 1.07. The van der Waals surface area contributed by atoms with Gasteiger partial charge in [0, 0.05) is 28.3 Å². The van der Waals surface area contributed by atoms with Crippen molar-refractivity contribution in [2.75, 3.05) is 7.11 Å². The van der Waals surface area contributed by atoms with E-state index in [9.17, 15) is 0 Å². The lowest BCUT2D eigenvalue weighted by molar-refractivity contribution is 0.413. The highest BCUT2D eigenvalue weighted by molar-refractivity contribution is 6.61. The number of hydrogen-bond acceptors (Lipinski definition) is 3. The minimum Gasteiger partial charge on any atom is -0.497 e. The summed E-state index contributed by atoms with van der Waals surface area (Å²) in [6.45, 7) is 9.05. The maximum atomic E-state index is 6.26. The van der Waals surface area contributed by atoms with Gasteiger partial charge in [0.2, 0.25) is 0 Å². The number of methoxy groups -OCH3 is 1. The fourth-order valence-electron chi connectivity index (χ4n) is 9.11. The molecule has 8 aromatic rings. The van der Waals surface area contributed by atoms with Gasteiger partial charge >= 0.3 is 0 Å². The zero-order chi connectivity index (χ0) is 41.2. The predicted octanol–water partition coefficient (Wildman–Crippen LogP) is 14.7. The number of para-hydroxylation sites is 1. The molecule has 0 atom stereocenters. The Kier molecular flexibility index (Phi) is 10.8. The molecular weight excluding hydrogens is 729 g/mol. The summed E-state index contributed by atoms with van der Waals surface area (Å²) in [6.07, 6.45) is 0. The topological polar surface area (TPSA) is 34.0 Å². The Morgan fingerprint density at radius 3 is 1.08 bits per heavy atom. The minimum atomic E-state index is -0.151. The Labute approximate surface area is 354 Å². The monoisotopic (exact) mass is 778 g/mol. The first-order valence-electron chi connectivity index (χ1n) is 21.2. The van der Waals surface area contributed by atoms with E-state index in [-0.39, 0.29) is 23.7 Å². The fourth-order valence-corrected chi connectivity index (χ4v) is 9.11. The highest BCUT2D eigenvalue weighted by atomic mass is 16.5. The Hall–Kier alpha value is -6.84. The fraction of sp³-hybridized carbons (Fsp3) is 0.158. The molecule has 9 rings (SSSR count). The van der Waals surface area contributed by atoms with Gasteiger partial charge in [0.05, 0.1) is 29.9 Å². The summed E-state index contributed by atoms with van der Waals surface area (Å²) >= 11 is 0. The van der Waals surface area contributed by atoms with Gasteiger partial charge in [-0.05, 0) is 73.9 Å². The number of benzene rings is 8. The van der Waals surface area contributed by atoms with Crippen LogP contribution in [0, 0.1) is 0 Å². The molecule has 0 unspecified atom stereocenters. The third-order valence-corrected chi connectivity index (χ3v) is 12.0. The molecule has 0 aromatic heterocycles. The van der Waals surface area contributed by atoms with Crippen LogP contribution in [0.1, 0.15) is 107 Å². The summed E-state index contributed by atoms with van der Waals surface area (Å²) in [4.78, 5) is 11.9. The molecule has 0 amide bonds. The first-order valence-corrected chi connectivity index (χ1v) is 21.2. The van der Waals surface area contributed by atoms with Crippen molar-refractivity contribution in [3.63, 3.8) is 0 Å². The largest absolute Gasteiger partial charge is 0.497 e. The van der Waals surface area contributed by atoms with Gasteiger partial charge in [0.1, 0.15) is 5.75 Å². The first-order chi connectivity index (χ1) is 29.4. The molecule has 0 fully saturated rings. The summed E-state index contributed by atoms with van der Waals surface area (Å²) in [7, 11) is 1.77. The quantitative estimate of drug-likeness (QED) is 0.120. The Balaban J connectivity index is 1.44. The zero-order valence-electron chi connectivity index (χ0n) is 35.0. The Morgan fingerprint density at radius 2 is 0.733 bits per heavy atom. The SMILES string of the molecule is COc1cc(C(c2ccccc2)c2ccccc2)c(N=C2C(=Nc3c(C(C)C)cccc3C(C)C)c3cccc4cccc2c34)c(C(c2ccccc2)c2ccccc2)c1. The molecule has 0 radical (unpaired) electrons. The van der Waals surface area contributed by atoms with Crippen LogP contribution in [0.3, 0.4) is 0 Å². The molecule has 0 bridgehead atoms. The molecule has 1 aliphatic rings. The number of hydrogen-bond donors (Lipinski definition) is 0. The van der Waals surface area contributed by atoms with E-state index in [1.54, 1.807) is 7.11 Å². The third-order valence-electron chi connectivity index (χ3n) is 12.0. The van der Waals surface area contributed by atoms with Gasteiger partial charge in [-0.25, -0.2) is 9.98 Å². The van der Waals surface area contributed by atoms with Crippen molar-refractivity contribution in [3.05, 3.63) is 244 Å². The standard InChI is InChI=1S/C57H50N2O/c1-37(2)45-31-20-32-46(38(3)4)54(45)58-56-47-33-18-29-43-30-19-34-48(53(43)47)57(56)59-55-49(51(39-21-10-6-11-22-39)40-23-12-7-13-24-40)35-44(60-5)36-50(55)52(41-25-14-8-15-26-41)42-27-16-9-17-28-42/h6-38,51-52H,1-5H3. The van der Waals surface area contributed by atoms with Crippen molar-refractivity contribution in [3.8, 4) is 5.75 Å². The van der Waals surface area contributed by atoms with E-state index in [0.29, 0.717) is 0 Å². The Morgan fingerprint density at radius 1 is 0.383 bits per heavy atom. The van der Waals surface area contributed by atoms with Crippen LogP contribution in [0.25, 0.3) is 10.8 Å². The van der Waals surface area contributed by atoms with Gasteiger partial charge in [-0.3, -0.25) is 0 Å². The highest BCUT2D eigenvalue weighted by Crippen LogP contribution is 2.48. The van der Waals surface area contributed by atoms with Gasteiger partial charge < -0.3 is 4.74 Å². The van der Waals surface area contributed by atoms with Crippen LogP contribution in [0.4, 0.5) is 11.4 Å². The molecule has 3 nitrogen and oxygen atoms in total. The maximum Gasteiger partial charge on any atom is 0.119 e. The molecule has 8 aromatic carbocycles. The van der Waals surface area contributed by atoms with Crippen molar-refractivity contribution in [2.24, 2.45) is 9.98 Å². The average molecular weight is 779 g/mol. The smallest absolute Gasteiger partial charge is 0.119 e. The second-order valence-corrected chi connectivity index (χ2v) is 16.4. The van der Waals surface area contributed by atoms with Crippen molar-refractivity contribution >= 4 is 33.6 Å². The van der Waals surface area contributed by atoms with Gasteiger partial charge in [-0.2, -0.15) is 0 Å². The van der Waals surface area contributed by atoms with Crippen LogP contribution in [-0.2, 0) is 0 Å². The summed E-state index contributed by atoms with van der Waals surface area (Å²) < 4.78 is 6.26. The number of aliphatic imine (C=N–C) groups is 2.